The highest BCUT2D eigenvalue weighted by Crippen LogP contribution is 2.01. The molecule has 0 fully saturated rings. The summed E-state index contributed by atoms with van der Waals surface area (Å²) in [6.45, 7) is 5.10. The summed E-state index contributed by atoms with van der Waals surface area (Å²) in [4.78, 5) is 24.4. The van der Waals surface area contributed by atoms with E-state index in [2.05, 4.69) is 12.2 Å². The van der Waals surface area contributed by atoms with Crippen LogP contribution in [0.25, 0.3) is 0 Å². The van der Waals surface area contributed by atoms with E-state index < -0.39 is 12.0 Å². The van der Waals surface area contributed by atoms with Gasteiger partial charge in [0.2, 0.25) is 5.91 Å². The molecule has 128 valence electrons. The molecule has 0 saturated heterocycles. The average Bonchev–Trinajstić information content (AvgIpc) is 2.49. The Morgan fingerprint density at radius 1 is 1.23 bits per heavy atom. The summed E-state index contributed by atoms with van der Waals surface area (Å²) >= 11 is 0. The number of aliphatic carboxylic acids is 1. The van der Waals surface area contributed by atoms with Gasteiger partial charge in [0, 0.05) is 26.2 Å². The number of carboxylic acids is 1. The fraction of sp³-hybridized carbons (Fsp3) is 0.750. The number of carboxylic acid groups (broad SMARTS) is 1. The average molecular weight is 314 g/mol. The number of carbonyl (C=O) groups excluding carboxylic acids is 1. The molecule has 1 amide bonds. The third kappa shape index (κ3) is 10.3. The first-order valence-electron chi connectivity index (χ1n) is 8.05. The van der Waals surface area contributed by atoms with Gasteiger partial charge in [-0.2, -0.15) is 0 Å². The van der Waals surface area contributed by atoms with E-state index in [4.69, 9.17) is 10.2 Å². The minimum Gasteiger partial charge on any atom is -0.480 e. The van der Waals surface area contributed by atoms with Crippen molar-refractivity contribution in [3.05, 3.63) is 12.2 Å². The lowest BCUT2D eigenvalue weighted by atomic mass is 10.2. The second-order valence-electron chi connectivity index (χ2n) is 5.32. The van der Waals surface area contributed by atoms with Gasteiger partial charge >= 0.3 is 5.97 Å². The van der Waals surface area contributed by atoms with E-state index in [1.54, 1.807) is 11.8 Å². The van der Waals surface area contributed by atoms with Crippen LogP contribution in [0.3, 0.4) is 0 Å². The normalized spacial score (nSPS) is 12.7. The maximum atomic E-state index is 11.6. The SMILES string of the molecule is CCCCC/C=C/C(=O)NCCN(CCCO)C(C)C(=O)O. The molecule has 0 rings (SSSR count). The van der Waals surface area contributed by atoms with E-state index >= 15 is 0 Å². The monoisotopic (exact) mass is 314 g/mol. The highest BCUT2D eigenvalue weighted by Gasteiger charge is 2.19. The molecule has 0 radical (unpaired) electrons. The molecule has 0 heterocycles. The van der Waals surface area contributed by atoms with Gasteiger partial charge in [0.1, 0.15) is 6.04 Å². The van der Waals surface area contributed by atoms with Crippen LogP contribution in [0.15, 0.2) is 12.2 Å². The highest BCUT2D eigenvalue weighted by atomic mass is 16.4. The number of carbonyl (C=O) groups is 2. The molecule has 22 heavy (non-hydrogen) atoms. The number of amides is 1. The van der Waals surface area contributed by atoms with Crippen LogP contribution in [0.4, 0.5) is 0 Å². The second kappa shape index (κ2) is 13.3. The Bertz CT molecular complexity index is 345. The van der Waals surface area contributed by atoms with Crippen LogP contribution in [0, 0.1) is 0 Å². The van der Waals surface area contributed by atoms with Gasteiger partial charge in [-0.25, -0.2) is 0 Å². The van der Waals surface area contributed by atoms with Gasteiger partial charge < -0.3 is 15.5 Å². The maximum Gasteiger partial charge on any atom is 0.320 e. The molecular weight excluding hydrogens is 284 g/mol. The largest absolute Gasteiger partial charge is 0.480 e. The number of unbranched alkanes of at least 4 members (excludes halogenated alkanes) is 3. The lowest BCUT2D eigenvalue weighted by molar-refractivity contribution is -0.142. The molecule has 3 N–H and O–H groups in total. The Balaban J connectivity index is 4.04. The lowest BCUT2D eigenvalue weighted by Gasteiger charge is -2.25. The quantitative estimate of drug-likeness (QED) is 0.353. The van der Waals surface area contributed by atoms with Crippen LogP contribution >= 0.6 is 0 Å². The fourth-order valence-electron chi connectivity index (χ4n) is 2.01. The van der Waals surface area contributed by atoms with E-state index in [0.29, 0.717) is 26.1 Å². The molecule has 6 nitrogen and oxygen atoms in total. The van der Waals surface area contributed by atoms with Crippen LogP contribution < -0.4 is 5.32 Å². The molecule has 0 aliphatic rings. The topological polar surface area (TPSA) is 89.9 Å². The third-order valence-corrected chi connectivity index (χ3v) is 3.45. The van der Waals surface area contributed by atoms with Gasteiger partial charge in [-0.05, 0) is 32.3 Å². The first-order chi connectivity index (χ1) is 10.5. The number of aliphatic hydroxyl groups is 1. The van der Waals surface area contributed by atoms with Gasteiger partial charge in [-0.3, -0.25) is 14.5 Å². The number of nitrogens with zero attached hydrogens (tertiary/aromatic N) is 1. The zero-order chi connectivity index (χ0) is 16.8. The zero-order valence-electron chi connectivity index (χ0n) is 13.8. The molecule has 0 aromatic rings. The molecule has 0 aliphatic carbocycles. The Labute approximate surface area is 133 Å². The number of aliphatic hydroxyl groups excluding tert-OH is 1. The third-order valence-electron chi connectivity index (χ3n) is 3.45. The summed E-state index contributed by atoms with van der Waals surface area (Å²) in [7, 11) is 0. The summed E-state index contributed by atoms with van der Waals surface area (Å²) < 4.78 is 0. The van der Waals surface area contributed by atoms with E-state index in [-0.39, 0.29) is 12.5 Å². The molecular formula is C16H30N2O4. The van der Waals surface area contributed by atoms with Gasteiger partial charge in [-0.1, -0.05) is 25.8 Å². The summed E-state index contributed by atoms with van der Waals surface area (Å²) in [6.07, 6.45) is 8.24. The Kier molecular flexibility index (Phi) is 12.4. The molecule has 6 heteroatoms. The van der Waals surface area contributed by atoms with E-state index in [9.17, 15) is 9.59 Å². The van der Waals surface area contributed by atoms with E-state index in [1.165, 1.54) is 12.5 Å². The molecule has 0 spiro atoms. The van der Waals surface area contributed by atoms with Crippen molar-refractivity contribution < 1.29 is 19.8 Å². The molecule has 1 atom stereocenters. The van der Waals surface area contributed by atoms with Crippen LogP contribution in [0.1, 0.15) is 46.0 Å². The highest BCUT2D eigenvalue weighted by molar-refractivity contribution is 5.87. The van der Waals surface area contributed by atoms with Crippen LogP contribution in [-0.2, 0) is 9.59 Å². The molecule has 0 aromatic carbocycles. The molecule has 0 aliphatic heterocycles. The molecule has 0 saturated carbocycles. The van der Waals surface area contributed by atoms with Gasteiger partial charge in [0.25, 0.3) is 0 Å². The standard InChI is InChI=1S/C16H30N2O4/c1-3-4-5-6-7-9-15(20)17-10-12-18(11-8-13-19)14(2)16(21)22/h7,9,14,19H,3-6,8,10-13H2,1-2H3,(H,17,20)(H,21,22)/b9-7+. The Hall–Kier alpha value is -1.40. The molecule has 0 aromatic heterocycles. The fourth-order valence-corrected chi connectivity index (χ4v) is 2.01. The van der Waals surface area contributed by atoms with Crippen molar-refractivity contribution in [2.45, 2.75) is 52.0 Å². The number of hydrogen-bond acceptors (Lipinski definition) is 4. The number of allylic oxidation sites excluding steroid dienone is 1. The summed E-state index contributed by atoms with van der Waals surface area (Å²) in [5.74, 6) is -1.05. The van der Waals surface area contributed by atoms with E-state index in [1.807, 2.05) is 6.08 Å². The van der Waals surface area contributed by atoms with Crippen LogP contribution in [0.5, 0.6) is 0 Å². The van der Waals surface area contributed by atoms with Crippen molar-refractivity contribution in [3.8, 4) is 0 Å². The number of hydrogen-bond donors (Lipinski definition) is 3. The van der Waals surface area contributed by atoms with Gasteiger partial charge in [0.05, 0.1) is 0 Å². The first kappa shape index (κ1) is 20.6. The van der Waals surface area contributed by atoms with E-state index in [0.717, 1.165) is 19.3 Å². The number of nitrogens with one attached hydrogen (secondary N) is 1. The summed E-state index contributed by atoms with van der Waals surface area (Å²) in [5, 5.41) is 20.7. The van der Waals surface area contributed by atoms with Crippen molar-refractivity contribution >= 4 is 11.9 Å². The van der Waals surface area contributed by atoms with Crippen LogP contribution in [-0.4, -0.2) is 59.3 Å². The van der Waals surface area contributed by atoms with Crippen molar-refractivity contribution in [2.75, 3.05) is 26.2 Å². The smallest absolute Gasteiger partial charge is 0.320 e. The zero-order valence-corrected chi connectivity index (χ0v) is 13.8. The van der Waals surface area contributed by atoms with Crippen molar-refractivity contribution in [1.29, 1.82) is 0 Å². The predicted octanol–water partition coefficient (Wildman–Crippen LogP) is 1.40. The van der Waals surface area contributed by atoms with Gasteiger partial charge in [0.15, 0.2) is 0 Å². The Morgan fingerprint density at radius 2 is 1.95 bits per heavy atom. The molecule has 1 unspecified atom stereocenters. The maximum absolute atomic E-state index is 11.6. The van der Waals surface area contributed by atoms with Gasteiger partial charge in [-0.15, -0.1) is 0 Å². The molecule has 0 bridgehead atoms. The number of rotatable bonds is 13. The predicted molar refractivity (Wildman–Crippen MR) is 86.7 cm³/mol. The summed E-state index contributed by atoms with van der Waals surface area (Å²) in [5.41, 5.74) is 0. The first-order valence-corrected chi connectivity index (χ1v) is 8.05. The minimum absolute atomic E-state index is 0.0235. The summed E-state index contributed by atoms with van der Waals surface area (Å²) in [6, 6.07) is -0.631. The van der Waals surface area contributed by atoms with Crippen molar-refractivity contribution in [3.63, 3.8) is 0 Å². The Morgan fingerprint density at radius 3 is 2.55 bits per heavy atom. The lowest BCUT2D eigenvalue weighted by Crippen LogP contribution is -2.44. The second-order valence-corrected chi connectivity index (χ2v) is 5.32. The van der Waals surface area contributed by atoms with Crippen molar-refractivity contribution in [1.82, 2.24) is 10.2 Å². The van der Waals surface area contributed by atoms with Crippen LogP contribution in [0.2, 0.25) is 0 Å². The van der Waals surface area contributed by atoms with Crippen molar-refractivity contribution in [2.24, 2.45) is 0 Å². The minimum atomic E-state index is -0.903.